The van der Waals surface area contributed by atoms with Crippen LogP contribution in [-0.2, 0) is 0 Å². The number of phenolic OH excluding ortho intramolecular Hbond substituents is 1. The molecule has 1 aromatic heterocycles. The Morgan fingerprint density at radius 2 is 1.97 bits per heavy atom. The summed E-state index contributed by atoms with van der Waals surface area (Å²) in [6.07, 6.45) is 1.14. The molecule has 3 unspecified atom stereocenters. The SMILES string of the molecule is CC(N)C(=O)c1ccc(-c2cc(N3CC4CCNCC4C3)c3cc(F)c(O)cc3n2)cc1. The van der Waals surface area contributed by atoms with Crippen LogP contribution in [0.1, 0.15) is 23.7 Å². The number of piperidine rings is 1. The number of rotatable bonds is 4. The highest BCUT2D eigenvalue weighted by Gasteiger charge is 2.35. The molecule has 3 heterocycles. The molecule has 6 nitrogen and oxygen atoms in total. The van der Waals surface area contributed by atoms with Crippen LogP contribution >= 0.6 is 0 Å². The molecule has 0 bridgehead atoms. The molecule has 0 radical (unpaired) electrons. The number of pyridine rings is 1. The first-order valence-electron chi connectivity index (χ1n) is 11.1. The van der Waals surface area contributed by atoms with Crippen LogP contribution in [0.2, 0.25) is 0 Å². The molecule has 0 saturated carbocycles. The van der Waals surface area contributed by atoms with Crippen molar-refractivity contribution in [2.24, 2.45) is 17.6 Å². The van der Waals surface area contributed by atoms with Crippen LogP contribution in [0.4, 0.5) is 10.1 Å². The Kier molecular flexibility index (Phi) is 5.31. The Bertz CT molecular complexity index is 1160. The molecular weight excluding hydrogens is 407 g/mol. The molecule has 0 aliphatic carbocycles. The van der Waals surface area contributed by atoms with E-state index in [1.807, 2.05) is 18.2 Å². The number of carbonyl (C=O) groups is 1. The van der Waals surface area contributed by atoms with E-state index in [9.17, 15) is 14.3 Å². The van der Waals surface area contributed by atoms with E-state index in [1.165, 1.54) is 12.1 Å². The van der Waals surface area contributed by atoms with Gasteiger partial charge in [-0.05, 0) is 50.4 Å². The van der Waals surface area contributed by atoms with Gasteiger partial charge in [0.15, 0.2) is 17.3 Å². The minimum absolute atomic E-state index is 0.114. The number of Topliss-reactive ketones (excluding diaryl/α,β-unsaturated/α-hetero) is 1. The normalized spacial score (nSPS) is 21.5. The van der Waals surface area contributed by atoms with Gasteiger partial charge in [0.2, 0.25) is 0 Å². The summed E-state index contributed by atoms with van der Waals surface area (Å²) >= 11 is 0. The zero-order valence-corrected chi connectivity index (χ0v) is 18.0. The number of anilines is 1. The van der Waals surface area contributed by atoms with Gasteiger partial charge < -0.3 is 21.1 Å². The van der Waals surface area contributed by atoms with E-state index in [-0.39, 0.29) is 5.78 Å². The monoisotopic (exact) mass is 434 g/mol. The topological polar surface area (TPSA) is 91.5 Å². The van der Waals surface area contributed by atoms with Crippen molar-refractivity contribution < 1.29 is 14.3 Å². The van der Waals surface area contributed by atoms with Crippen LogP contribution < -0.4 is 16.0 Å². The lowest BCUT2D eigenvalue weighted by molar-refractivity contribution is 0.0968. The van der Waals surface area contributed by atoms with Crippen molar-refractivity contribution in [2.75, 3.05) is 31.1 Å². The van der Waals surface area contributed by atoms with Crippen molar-refractivity contribution in [3.8, 4) is 17.0 Å². The third-order valence-electron chi connectivity index (χ3n) is 6.75. The number of nitrogens with zero attached hydrogens (tertiary/aromatic N) is 2. The largest absolute Gasteiger partial charge is 0.505 e. The van der Waals surface area contributed by atoms with Crippen LogP contribution in [0.3, 0.4) is 0 Å². The van der Waals surface area contributed by atoms with Gasteiger partial charge in [0, 0.05) is 41.4 Å². The summed E-state index contributed by atoms with van der Waals surface area (Å²) in [5.74, 6) is 0.0161. The maximum absolute atomic E-state index is 14.3. The highest BCUT2D eigenvalue weighted by Crippen LogP contribution is 2.38. The minimum atomic E-state index is -0.648. The van der Waals surface area contributed by atoms with Gasteiger partial charge in [-0.3, -0.25) is 4.79 Å². The summed E-state index contributed by atoms with van der Waals surface area (Å²) in [6, 6.07) is 11.4. The minimum Gasteiger partial charge on any atom is -0.505 e. The van der Waals surface area contributed by atoms with Gasteiger partial charge in [0.25, 0.3) is 0 Å². The fraction of sp³-hybridized carbons (Fsp3) is 0.360. The molecule has 166 valence electrons. The summed E-state index contributed by atoms with van der Waals surface area (Å²) in [5, 5.41) is 14.1. The molecule has 2 aromatic carbocycles. The van der Waals surface area contributed by atoms with Crippen LogP contribution in [0.5, 0.6) is 5.75 Å². The summed E-state index contributed by atoms with van der Waals surface area (Å²) in [6.45, 7) is 5.53. The fourth-order valence-electron chi connectivity index (χ4n) is 4.96. The molecule has 4 N–H and O–H groups in total. The maximum Gasteiger partial charge on any atom is 0.179 e. The van der Waals surface area contributed by atoms with Gasteiger partial charge in [0.1, 0.15) is 0 Å². The van der Waals surface area contributed by atoms with Crippen LogP contribution in [0.25, 0.3) is 22.2 Å². The molecule has 2 saturated heterocycles. The summed E-state index contributed by atoms with van der Waals surface area (Å²) in [5.41, 5.74) is 9.30. The van der Waals surface area contributed by atoms with Gasteiger partial charge in [-0.15, -0.1) is 0 Å². The van der Waals surface area contributed by atoms with Crippen molar-refractivity contribution in [3.05, 3.63) is 53.8 Å². The number of nitrogens with one attached hydrogen (secondary N) is 1. The quantitative estimate of drug-likeness (QED) is 0.546. The average molecular weight is 435 g/mol. The Labute approximate surface area is 186 Å². The zero-order valence-electron chi connectivity index (χ0n) is 18.0. The number of aromatic hydroxyl groups is 1. The number of aromatic nitrogens is 1. The average Bonchev–Trinajstić information content (AvgIpc) is 3.23. The smallest absolute Gasteiger partial charge is 0.179 e. The number of hydrogen-bond donors (Lipinski definition) is 3. The van der Waals surface area contributed by atoms with Gasteiger partial charge in [-0.25, -0.2) is 9.37 Å². The van der Waals surface area contributed by atoms with Gasteiger partial charge in [-0.2, -0.15) is 0 Å². The highest BCUT2D eigenvalue weighted by atomic mass is 19.1. The fourth-order valence-corrected chi connectivity index (χ4v) is 4.96. The molecule has 2 aliphatic heterocycles. The van der Waals surface area contributed by atoms with E-state index in [1.54, 1.807) is 19.1 Å². The molecule has 0 amide bonds. The first-order chi connectivity index (χ1) is 15.4. The Morgan fingerprint density at radius 1 is 1.22 bits per heavy atom. The number of ketones is 1. The standard InChI is InChI=1S/C25H27FN4O2/c1-14(27)25(32)16-4-2-15(3-5-16)21-9-23(19-8-20(26)24(31)10-22(19)29-21)30-12-17-6-7-28-11-18(17)13-30/h2-5,8-10,14,17-18,28,31H,6-7,11-13,27H2,1H3. The number of hydrogen-bond acceptors (Lipinski definition) is 6. The second kappa shape index (κ2) is 8.15. The molecule has 32 heavy (non-hydrogen) atoms. The van der Waals surface area contributed by atoms with Crippen LogP contribution in [0, 0.1) is 17.7 Å². The molecule has 2 aliphatic rings. The number of benzene rings is 2. The molecular formula is C25H27FN4O2. The molecule has 2 fully saturated rings. The van der Waals surface area contributed by atoms with E-state index >= 15 is 0 Å². The lowest BCUT2D eigenvalue weighted by Crippen LogP contribution is -2.35. The Balaban J connectivity index is 1.58. The van der Waals surface area contributed by atoms with Crippen molar-refractivity contribution in [1.29, 1.82) is 0 Å². The summed E-state index contributed by atoms with van der Waals surface area (Å²) < 4.78 is 14.3. The van der Waals surface area contributed by atoms with E-state index < -0.39 is 17.6 Å². The number of fused-ring (bicyclic) bond motifs is 2. The number of phenols is 1. The lowest BCUT2D eigenvalue weighted by Gasteiger charge is -2.23. The Morgan fingerprint density at radius 3 is 2.69 bits per heavy atom. The van der Waals surface area contributed by atoms with Crippen molar-refractivity contribution in [2.45, 2.75) is 19.4 Å². The van der Waals surface area contributed by atoms with Crippen LogP contribution in [0.15, 0.2) is 42.5 Å². The molecule has 3 atom stereocenters. The van der Waals surface area contributed by atoms with E-state index in [4.69, 9.17) is 10.7 Å². The highest BCUT2D eigenvalue weighted by molar-refractivity contribution is 6.00. The zero-order chi connectivity index (χ0) is 22.4. The van der Waals surface area contributed by atoms with E-state index in [0.29, 0.717) is 34.0 Å². The molecule has 3 aromatic rings. The molecule has 0 spiro atoms. The van der Waals surface area contributed by atoms with Crippen molar-refractivity contribution in [3.63, 3.8) is 0 Å². The number of nitrogens with two attached hydrogens (primary N) is 1. The lowest BCUT2D eigenvalue weighted by atomic mass is 9.90. The first-order valence-corrected chi connectivity index (χ1v) is 11.1. The molecule has 5 rings (SSSR count). The third-order valence-corrected chi connectivity index (χ3v) is 6.75. The predicted molar refractivity (Wildman–Crippen MR) is 123 cm³/mol. The summed E-state index contributed by atoms with van der Waals surface area (Å²) in [4.78, 5) is 19.2. The summed E-state index contributed by atoms with van der Waals surface area (Å²) in [7, 11) is 0. The maximum atomic E-state index is 14.3. The second-order valence-electron chi connectivity index (χ2n) is 9.00. The molecule has 7 heteroatoms. The van der Waals surface area contributed by atoms with E-state index in [0.717, 1.165) is 43.9 Å². The Hall–Kier alpha value is -3.03. The van der Waals surface area contributed by atoms with E-state index in [2.05, 4.69) is 10.2 Å². The van der Waals surface area contributed by atoms with Crippen molar-refractivity contribution >= 4 is 22.4 Å². The number of halogens is 1. The first kappa shape index (κ1) is 20.8. The predicted octanol–water partition coefficient (Wildman–Crippen LogP) is 3.32. The van der Waals surface area contributed by atoms with Gasteiger partial charge >= 0.3 is 0 Å². The second-order valence-corrected chi connectivity index (χ2v) is 9.00. The van der Waals surface area contributed by atoms with Crippen molar-refractivity contribution in [1.82, 2.24) is 10.3 Å². The van der Waals surface area contributed by atoms with Crippen LogP contribution in [-0.4, -0.2) is 48.1 Å². The van der Waals surface area contributed by atoms with Gasteiger partial charge in [-0.1, -0.05) is 24.3 Å². The van der Waals surface area contributed by atoms with Gasteiger partial charge in [0.05, 0.1) is 17.3 Å². The third kappa shape index (κ3) is 3.72. The number of carbonyl (C=O) groups excluding carboxylic acids is 1.